The van der Waals surface area contributed by atoms with E-state index in [4.69, 9.17) is 5.21 Å². The van der Waals surface area contributed by atoms with Gasteiger partial charge in [0.05, 0.1) is 0 Å². The van der Waals surface area contributed by atoms with E-state index in [1.54, 1.807) is 22.7 Å². The maximum Gasteiger partial charge on any atom is 0.261 e. The largest absolute Gasteiger partial charge is 0.289 e. The molecule has 0 spiro atoms. The van der Waals surface area contributed by atoms with E-state index in [-0.39, 0.29) is 6.42 Å². The zero-order chi connectivity index (χ0) is 17.0. The molecule has 1 atom stereocenters. The van der Waals surface area contributed by atoms with Crippen LogP contribution in [-0.4, -0.2) is 31.0 Å². The van der Waals surface area contributed by atoms with Gasteiger partial charge < -0.3 is 0 Å². The average molecular weight is 374 g/mol. The van der Waals surface area contributed by atoms with Crippen LogP contribution in [-0.2, 0) is 21.1 Å². The summed E-state index contributed by atoms with van der Waals surface area (Å²) in [6, 6.07) is 8.29. The number of hydrogen-bond donors (Lipinski definition) is 2. The van der Waals surface area contributed by atoms with E-state index in [0.717, 1.165) is 11.1 Å². The average Bonchev–Trinajstić information content (AvgIpc) is 3.10. The van der Waals surface area contributed by atoms with Crippen LogP contribution in [0.15, 0.2) is 24.3 Å². The van der Waals surface area contributed by atoms with Gasteiger partial charge in [-0.3, -0.25) is 10.0 Å². The summed E-state index contributed by atoms with van der Waals surface area (Å²) in [5.74, 6) is -0.867. The first kappa shape index (κ1) is 18.1. The van der Waals surface area contributed by atoms with E-state index in [9.17, 15) is 13.2 Å². The second-order valence-corrected chi connectivity index (χ2v) is 10.0. The first-order chi connectivity index (χ1) is 10.8. The van der Waals surface area contributed by atoms with Gasteiger partial charge in [0, 0.05) is 25.8 Å². The summed E-state index contributed by atoms with van der Waals surface area (Å²) < 4.78 is 23.2. The maximum absolute atomic E-state index is 11.6. The predicted octanol–water partition coefficient (Wildman–Crippen LogP) is 3.03. The van der Waals surface area contributed by atoms with Gasteiger partial charge in [-0.25, -0.2) is 13.9 Å². The lowest BCUT2D eigenvalue weighted by Gasteiger charge is -2.12. The fourth-order valence-corrected chi connectivity index (χ4v) is 5.33. The third kappa shape index (κ3) is 4.87. The van der Waals surface area contributed by atoms with Crippen LogP contribution < -0.4 is 5.48 Å². The third-order valence-corrected chi connectivity index (χ3v) is 7.28. The highest BCUT2D eigenvalue weighted by molar-refractivity contribution is 7.92. The number of amides is 1. The zero-order valence-corrected chi connectivity index (χ0v) is 15.4. The molecule has 2 aromatic heterocycles. The van der Waals surface area contributed by atoms with Crippen LogP contribution in [0, 0.1) is 6.92 Å². The normalized spacial score (nSPS) is 13.0. The monoisotopic (exact) mass is 373 g/mol. The van der Waals surface area contributed by atoms with Gasteiger partial charge in [-0.05, 0) is 50.5 Å². The Bertz CT molecular complexity index is 776. The summed E-state index contributed by atoms with van der Waals surface area (Å²) in [5.41, 5.74) is 1.43. The van der Waals surface area contributed by atoms with E-state index in [1.165, 1.54) is 20.1 Å². The smallest absolute Gasteiger partial charge is 0.261 e. The van der Waals surface area contributed by atoms with Gasteiger partial charge >= 0.3 is 0 Å². The number of sulfone groups is 1. The van der Waals surface area contributed by atoms with Gasteiger partial charge in [0.25, 0.3) is 5.91 Å². The van der Waals surface area contributed by atoms with Crippen LogP contribution in [0.25, 0.3) is 9.75 Å². The topological polar surface area (TPSA) is 83.5 Å². The van der Waals surface area contributed by atoms with E-state index in [2.05, 4.69) is 25.1 Å². The minimum Gasteiger partial charge on any atom is -0.289 e. The Kier molecular flexibility index (Phi) is 5.96. The van der Waals surface area contributed by atoms with Gasteiger partial charge in [-0.1, -0.05) is 0 Å². The van der Waals surface area contributed by atoms with Crippen molar-refractivity contribution in [2.45, 2.75) is 31.4 Å². The van der Waals surface area contributed by atoms with Gasteiger partial charge in [-0.15, -0.1) is 22.7 Å². The SMILES string of the molecule is Cc1ccc(-c2ccc(CCCC(C(=O)NO)S(C)(=O)=O)s2)s1. The van der Waals surface area contributed by atoms with Crippen molar-refractivity contribution in [2.24, 2.45) is 0 Å². The number of thiophene rings is 2. The Hall–Kier alpha value is -1.22. The Balaban J connectivity index is 1.96. The second-order valence-electron chi connectivity index (χ2n) is 5.36. The van der Waals surface area contributed by atoms with Gasteiger partial charge in [0.1, 0.15) is 5.25 Å². The summed E-state index contributed by atoms with van der Waals surface area (Å²) in [4.78, 5) is 16.3. The zero-order valence-electron chi connectivity index (χ0n) is 12.9. The van der Waals surface area contributed by atoms with Crippen LogP contribution in [0.4, 0.5) is 0 Å². The number of nitrogens with one attached hydrogen (secondary N) is 1. The van der Waals surface area contributed by atoms with Crippen molar-refractivity contribution in [3.05, 3.63) is 34.0 Å². The molecule has 0 fully saturated rings. The standard InChI is InChI=1S/C15H19NO4S3/c1-10-6-8-12(21-10)13-9-7-11(22-13)4-3-5-14(15(17)16-18)23(2,19)20/h6-9,14,18H,3-5H2,1-2H3,(H,16,17). The van der Waals surface area contributed by atoms with Crippen molar-refractivity contribution in [1.82, 2.24) is 5.48 Å². The molecule has 0 aliphatic heterocycles. The van der Waals surface area contributed by atoms with E-state index in [0.29, 0.717) is 12.8 Å². The number of rotatable bonds is 7. The summed E-state index contributed by atoms with van der Waals surface area (Å²) in [6.07, 6.45) is 2.47. The number of carbonyl (C=O) groups excluding carboxylic acids is 1. The first-order valence-electron chi connectivity index (χ1n) is 7.09. The van der Waals surface area contributed by atoms with Crippen molar-refractivity contribution in [3.63, 3.8) is 0 Å². The number of carbonyl (C=O) groups is 1. The van der Waals surface area contributed by atoms with Gasteiger partial charge in [0.15, 0.2) is 9.84 Å². The van der Waals surface area contributed by atoms with Crippen LogP contribution in [0.2, 0.25) is 0 Å². The highest BCUT2D eigenvalue weighted by Crippen LogP contribution is 2.33. The Morgan fingerprint density at radius 2 is 1.87 bits per heavy atom. The molecule has 1 amide bonds. The molecule has 2 aromatic rings. The number of aryl methyl sites for hydroxylation is 2. The molecule has 0 bridgehead atoms. The molecule has 0 aromatic carbocycles. The summed E-state index contributed by atoms with van der Waals surface area (Å²) >= 11 is 3.43. The molecule has 126 valence electrons. The molecule has 23 heavy (non-hydrogen) atoms. The van der Waals surface area contributed by atoms with E-state index < -0.39 is 21.0 Å². The minimum atomic E-state index is -3.53. The molecule has 0 aliphatic carbocycles. The van der Waals surface area contributed by atoms with Crippen LogP contribution >= 0.6 is 22.7 Å². The van der Waals surface area contributed by atoms with Gasteiger partial charge in [0.2, 0.25) is 0 Å². The quantitative estimate of drug-likeness (QED) is 0.577. The Morgan fingerprint density at radius 3 is 2.43 bits per heavy atom. The molecule has 0 aliphatic rings. The van der Waals surface area contributed by atoms with Crippen LogP contribution in [0.3, 0.4) is 0 Å². The minimum absolute atomic E-state index is 0.191. The highest BCUT2D eigenvalue weighted by atomic mass is 32.2. The van der Waals surface area contributed by atoms with Crippen LogP contribution in [0.1, 0.15) is 22.6 Å². The first-order valence-corrected chi connectivity index (χ1v) is 10.7. The maximum atomic E-state index is 11.6. The molecular formula is C15H19NO4S3. The molecule has 2 N–H and O–H groups in total. The van der Waals surface area contributed by atoms with Crippen molar-refractivity contribution in [2.75, 3.05) is 6.26 Å². The lowest BCUT2D eigenvalue weighted by Crippen LogP contribution is -2.37. The van der Waals surface area contributed by atoms with Crippen molar-refractivity contribution in [3.8, 4) is 9.75 Å². The lowest BCUT2D eigenvalue weighted by molar-refractivity contribution is -0.128. The second kappa shape index (κ2) is 7.57. The molecule has 1 unspecified atom stereocenters. The molecule has 8 heteroatoms. The molecule has 0 radical (unpaired) electrons. The third-order valence-electron chi connectivity index (χ3n) is 3.45. The lowest BCUT2D eigenvalue weighted by atomic mass is 10.1. The van der Waals surface area contributed by atoms with E-state index in [1.807, 2.05) is 6.07 Å². The van der Waals surface area contributed by atoms with Crippen LogP contribution in [0.5, 0.6) is 0 Å². The Morgan fingerprint density at radius 1 is 1.22 bits per heavy atom. The van der Waals surface area contributed by atoms with Crippen molar-refractivity contribution in [1.29, 1.82) is 0 Å². The summed E-state index contributed by atoms with van der Waals surface area (Å²) in [5, 5.41) is 7.45. The van der Waals surface area contributed by atoms with Gasteiger partial charge in [-0.2, -0.15) is 0 Å². The molecule has 2 heterocycles. The number of hydroxylamine groups is 1. The Labute approximate surface area is 143 Å². The van der Waals surface area contributed by atoms with Crippen molar-refractivity contribution >= 4 is 38.4 Å². The van der Waals surface area contributed by atoms with E-state index >= 15 is 0 Å². The molecule has 0 saturated carbocycles. The summed E-state index contributed by atoms with van der Waals surface area (Å²) in [6.45, 7) is 2.07. The highest BCUT2D eigenvalue weighted by Gasteiger charge is 2.28. The number of hydrogen-bond acceptors (Lipinski definition) is 6. The molecule has 0 saturated heterocycles. The fraction of sp³-hybridized carbons (Fsp3) is 0.400. The van der Waals surface area contributed by atoms with Crippen molar-refractivity contribution < 1.29 is 18.4 Å². The predicted molar refractivity (Wildman–Crippen MR) is 93.9 cm³/mol. The molecular weight excluding hydrogens is 354 g/mol. The summed E-state index contributed by atoms with van der Waals surface area (Å²) in [7, 11) is -3.53. The fourth-order valence-electron chi connectivity index (χ4n) is 2.28. The molecule has 2 rings (SSSR count). The molecule has 5 nitrogen and oxygen atoms in total.